The summed E-state index contributed by atoms with van der Waals surface area (Å²) in [7, 11) is 0. The Morgan fingerprint density at radius 2 is 1.56 bits per heavy atom. The Morgan fingerprint density at radius 1 is 1.11 bits per heavy atom. The molecule has 0 heterocycles. The molecule has 0 aliphatic heterocycles. The highest BCUT2D eigenvalue weighted by Crippen LogP contribution is 2.20. The molecule has 0 bridgehead atoms. The zero-order valence-electron chi connectivity index (χ0n) is 5.64. The topological polar surface area (TPSA) is 78.1 Å². The van der Waals surface area contributed by atoms with Crippen LogP contribution in [-0.4, -0.2) is 11.7 Å². The summed E-state index contributed by atoms with van der Waals surface area (Å²) in [6.07, 6.45) is 3.70. The van der Waals surface area contributed by atoms with Gasteiger partial charge in [0.15, 0.2) is 0 Å². The molecular weight excluding hydrogens is 114 g/mol. The standard InChI is InChI=1S/C6H15N3/c7-5-1-3-6(8,9)4-2-5/h5H,1-4,7-9H2. The Kier molecular flexibility index (Phi) is 1.75. The second-order valence-corrected chi connectivity index (χ2v) is 3.07. The van der Waals surface area contributed by atoms with Gasteiger partial charge >= 0.3 is 0 Å². The van der Waals surface area contributed by atoms with Crippen LogP contribution in [0.25, 0.3) is 0 Å². The number of rotatable bonds is 0. The summed E-state index contributed by atoms with van der Waals surface area (Å²) in [4.78, 5) is 0. The van der Waals surface area contributed by atoms with Gasteiger partial charge in [0, 0.05) is 6.04 Å². The van der Waals surface area contributed by atoms with Gasteiger partial charge in [0.05, 0.1) is 5.66 Å². The second-order valence-electron chi connectivity index (χ2n) is 3.07. The van der Waals surface area contributed by atoms with Crippen molar-refractivity contribution in [3.63, 3.8) is 0 Å². The highest BCUT2D eigenvalue weighted by atomic mass is 15.0. The van der Waals surface area contributed by atoms with Crippen LogP contribution in [0.5, 0.6) is 0 Å². The Balaban J connectivity index is 2.35. The minimum absolute atomic E-state index is 0.338. The van der Waals surface area contributed by atoms with Crippen LogP contribution in [0.15, 0.2) is 0 Å². The minimum atomic E-state index is -0.421. The number of hydrogen-bond donors (Lipinski definition) is 3. The molecule has 0 aromatic heterocycles. The summed E-state index contributed by atoms with van der Waals surface area (Å²) in [5.41, 5.74) is 16.5. The van der Waals surface area contributed by atoms with E-state index in [9.17, 15) is 0 Å². The van der Waals surface area contributed by atoms with E-state index in [1.807, 2.05) is 0 Å². The fourth-order valence-electron chi connectivity index (χ4n) is 1.18. The summed E-state index contributed by atoms with van der Waals surface area (Å²) >= 11 is 0. The summed E-state index contributed by atoms with van der Waals surface area (Å²) in [6.45, 7) is 0. The first-order valence-electron chi connectivity index (χ1n) is 3.43. The third kappa shape index (κ3) is 1.93. The Morgan fingerprint density at radius 3 is 1.89 bits per heavy atom. The van der Waals surface area contributed by atoms with Gasteiger partial charge < -0.3 is 17.2 Å². The van der Waals surface area contributed by atoms with Crippen molar-refractivity contribution in [1.29, 1.82) is 0 Å². The molecular formula is C6H15N3. The maximum absolute atomic E-state index is 5.66. The predicted octanol–water partition coefficient (Wildman–Crippen LogP) is -0.499. The van der Waals surface area contributed by atoms with Gasteiger partial charge in [-0.25, -0.2) is 0 Å². The largest absolute Gasteiger partial charge is 0.328 e. The maximum atomic E-state index is 5.66. The van der Waals surface area contributed by atoms with Gasteiger partial charge in [0.1, 0.15) is 0 Å². The van der Waals surface area contributed by atoms with Gasteiger partial charge in [-0.2, -0.15) is 0 Å². The quantitative estimate of drug-likeness (QED) is 0.386. The molecule has 0 radical (unpaired) electrons. The van der Waals surface area contributed by atoms with Crippen molar-refractivity contribution < 1.29 is 0 Å². The van der Waals surface area contributed by atoms with Crippen LogP contribution in [-0.2, 0) is 0 Å². The van der Waals surface area contributed by atoms with E-state index in [1.165, 1.54) is 0 Å². The van der Waals surface area contributed by atoms with Gasteiger partial charge in [-0.15, -0.1) is 0 Å². The Labute approximate surface area is 55.6 Å². The molecule has 0 aromatic carbocycles. The van der Waals surface area contributed by atoms with E-state index in [2.05, 4.69) is 0 Å². The monoisotopic (exact) mass is 129 g/mol. The van der Waals surface area contributed by atoms with Crippen LogP contribution < -0.4 is 17.2 Å². The number of hydrogen-bond acceptors (Lipinski definition) is 3. The van der Waals surface area contributed by atoms with E-state index in [0.717, 1.165) is 25.7 Å². The fourth-order valence-corrected chi connectivity index (χ4v) is 1.18. The normalized spacial score (nSPS) is 28.3. The highest BCUT2D eigenvalue weighted by Gasteiger charge is 2.25. The molecule has 6 N–H and O–H groups in total. The molecule has 1 aliphatic rings. The summed E-state index contributed by atoms with van der Waals surface area (Å²) in [5.74, 6) is 0. The molecule has 0 unspecified atom stereocenters. The molecule has 1 aliphatic carbocycles. The highest BCUT2D eigenvalue weighted by molar-refractivity contribution is 4.85. The van der Waals surface area contributed by atoms with Gasteiger partial charge in [0.2, 0.25) is 0 Å². The van der Waals surface area contributed by atoms with Crippen molar-refractivity contribution in [2.24, 2.45) is 17.2 Å². The van der Waals surface area contributed by atoms with Crippen LogP contribution in [0.2, 0.25) is 0 Å². The zero-order valence-corrected chi connectivity index (χ0v) is 5.64. The molecule has 3 heteroatoms. The molecule has 0 spiro atoms. The van der Waals surface area contributed by atoms with Gasteiger partial charge in [-0.05, 0) is 25.7 Å². The molecule has 0 saturated heterocycles. The SMILES string of the molecule is NC1CCC(N)(N)CC1. The Hall–Kier alpha value is -0.120. The van der Waals surface area contributed by atoms with Crippen LogP contribution in [0.1, 0.15) is 25.7 Å². The van der Waals surface area contributed by atoms with E-state index in [-0.39, 0.29) is 0 Å². The smallest absolute Gasteiger partial charge is 0.0637 e. The van der Waals surface area contributed by atoms with Crippen LogP contribution in [0.4, 0.5) is 0 Å². The van der Waals surface area contributed by atoms with Crippen molar-refractivity contribution >= 4 is 0 Å². The maximum Gasteiger partial charge on any atom is 0.0637 e. The lowest BCUT2D eigenvalue weighted by atomic mass is 9.88. The van der Waals surface area contributed by atoms with Crippen molar-refractivity contribution in [3.8, 4) is 0 Å². The summed E-state index contributed by atoms with van der Waals surface area (Å²) in [5, 5.41) is 0. The average Bonchev–Trinajstić information content (AvgIpc) is 1.78. The van der Waals surface area contributed by atoms with E-state index < -0.39 is 5.66 Å². The molecule has 1 rings (SSSR count). The van der Waals surface area contributed by atoms with Crippen LogP contribution in [0, 0.1) is 0 Å². The van der Waals surface area contributed by atoms with Crippen LogP contribution in [0.3, 0.4) is 0 Å². The molecule has 0 atom stereocenters. The zero-order chi connectivity index (χ0) is 6.91. The van der Waals surface area contributed by atoms with Crippen molar-refractivity contribution in [2.45, 2.75) is 37.4 Å². The fraction of sp³-hybridized carbons (Fsp3) is 1.00. The third-order valence-electron chi connectivity index (χ3n) is 1.96. The summed E-state index contributed by atoms with van der Waals surface area (Å²) < 4.78 is 0. The van der Waals surface area contributed by atoms with E-state index in [1.54, 1.807) is 0 Å². The van der Waals surface area contributed by atoms with Gasteiger partial charge in [-0.3, -0.25) is 0 Å². The lowest BCUT2D eigenvalue weighted by Crippen LogP contribution is -2.53. The molecule has 0 aromatic rings. The van der Waals surface area contributed by atoms with Crippen molar-refractivity contribution in [3.05, 3.63) is 0 Å². The lowest BCUT2D eigenvalue weighted by Gasteiger charge is -2.31. The van der Waals surface area contributed by atoms with E-state index in [4.69, 9.17) is 17.2 Å². The second kappa shape index (κ2) is 2.25. The summed E-state index contributed by atoms with van der Waals surface area (Å²) in [6, 6.07) is 0.338. The molecule has 54 valence electrons. The van der Waals surface area contributed by atoms with Gasteiger partial charge in [0.25, 0.3) is 0 Å². The third-order valence-corrected chi connectivity index (χ3v) is 1.96. The molecule has 0 amide bonds. The van der Waals surface area contributed by atoms with Crippen molar-refractivity contribution in [1.82, 2.24) is 0 Å². The van der Waals surface area contributed by atoms with E-state index >= 15 is 0 Å². The molecule has 1 fully saturated rings. The molecule has 1 saturated carbocycles. The van der Waals surface area contributed by atoms with Gasteiger partial charge in [-0.1, -0.05) is 0 Å². The van der Waals surface area contributed by atoms with Crippen molar-refractivity contribution in [2.75, 3.05) is 0 Å². The van der Waals surface area contributed by atoms with E-state index in [0.29, 0.717) is 6.04 Å². The predicted molar refractivity (Wildman–Crippen MR) is 37.5 cm³/mol. The number of nitrogens with two attached hydrogens (primary N) is 3. The minimum Gasteiger partial charge on any atom is -0.328 e. The first kappa shape index (κ1) is 6.99. The lowest BCUT2D eigenvalue weighted by molar-refractivity contribution is 0.281. The average molecular weight is 129 g/mol. The first-order valence-corrected chi connectivity index (χ1v) is 3.43. The first-order chi connectivity index (χ1) is 4.10. The molecule has 3 nitrogen and oxygen atoms in total. The Bertz CT molecular complexity index is 90.5. The van der Waals surface area contributed by atoms with Crippen LogP contribution >= 0.6 is 0 Å². The molecule has 9 heavy (non-hydrogen) atoms.